The fourth-order valence-corrected chi connectivity index (χ4v) is 1.79. The van der Waals surface area contributed by atoms with E-state index in [0.717, 1.165) is 0 Å². The van der Waals surface area contributed by atoms with Crippen LogP contribution in [-0.4, -0.2) is 53.5 Å². The Hall–Kier alpha value is -2.49. The summed E-state index contributed by atoms with van der Waals surface area (Å²) in [5, 5.41) is 0. The highest BCUT2D eigenvalue weighted by molar-refractivity contribution is 5.89. The van der Waals surface area contributed by atoms with Gasteiger partial charge < -0.3 is 9.47 Å². The summed E-state index contributed by atoms with van der Waals surface area (Å²) in [5.74, 6) is -50.4. The van der Waals surface area contributed by atoms with E-state index >= 15 is 0 Å². The Labute approximate surface area is 182 Å². The van der Waals surface area contributed by atoms with E-state index in [9.17, 15) is 66.7 Å². The minimum absolute atomic E-state index is 0.0373. The molecule has 0 aromatic carbocycles. The number of carbonyl (C=O) groups excluding carboxylic acids is 2. The summed E-state index contributed by atoms with van der Waals surface area (Å²) in [6.45, 7) is 6.46. The predicted molar refractivity (Wildman–Crippen MR) is 85.6 cm³/mol. The van der Waals surface area contributed by atoms with Gasteiger partial charge in [-0.2, -0.15) is 57.1 Å². The lowest BCUT2D eigenvalue weighted by Gasteiger charge is -2.43. The van der Waals surface area contributed by atoms with Crippen molar-refractivity contribution in [3.05, 3.63) is 24.3 Å². The van der Waals surface area contributed by atoms with Gasteiger partial charge in [0.2, 0.25) is 0 Å². The summed E-state index contributed by atoms with van der Waals surface area (Å²) in [6, 6.07) is -6.38. The highest BCUT2D eigenvalue weighted by Crippen LogP contribution is 2.62. The smallest absolute Gasteiger partial charge is 0.386 e. The summed E-state index contributed by atoms with van der Waals surface area (Å²) in [7, 11) is 0. The molecule has 0 unspecified atom stereocenters. The highest BCUT2D eigenvalue weighted by Gasteiger charge is 2.94. The van der Waals surface area contributed by atoms with Crippen molar-refractivity contribution in [1.29, 1.82) is 0 Å². The molecule has 0 aliphatic heterocycles. The largest absolute Gasteiger partial charge is 0.486 e. The SMILES string of the molecule is C=C(C)C(=O)OC(F)(OC(=O)C(=C)C)C(F)(F)C(F)(F)C(F)(F)C(F)(F)C(F)(F)C(F)(F)CC. The van der Waals surface area contributed by atoms with Crippen molar-refractivity contribution in [3.8, 4) is 0 Å². The molecular formula is C17H15F13O4. The first kappa shape index (κ1) is 31.5. The summed E-state index contributed by atoms with van der Waals surface area (Å²) in [4.78, 5) is 22.7. The molecule has 0 aromatic rings. The number of hydrogen-bond donors (Lipinski definition) is 0. The van der Waals surface area contributed by atoms with E-state index in [1.165, 1.54) is 0 Å². The Morgan fingerprint density at radius 2 is 0.853 bits per heavy atom. The third-order valence-electron chi connectivity index (χ3n) is 4.00. The van der Waals surface area contributed by atoms with Crippen LogP contribution in [0.3, 0.4) is 0 Å². The Kier molecular flexibility index (Phi) is 8.29. The molecule has 0 spiro atoms. The van der Waals surface area contributed by atoms with Crippen molar-refractivity contribution < 1.29 is 76.1 Å². The Morgan fingerprint density at radius 1 is 0.588 bits per heavy atom. The first-order valence-electron chi connectivity index (χ1n) is 8.45. The second-order valence-electron chi connectivity index (χ2n) is 6.81. The maximum Gasteiger partial charge on any atom is 0.486 e. The number of esters is 2. The quantitative estimate of drug-likeness (QED) is 0.141. The van der Waals surface area contributed by atoms with Crippen LogP contribution < -0.4 is 0 Å². The van der Waals surface area contributed by atoms with E-state index in [-0.39, 0.29) is 6.92 Å². The van der Waals surface area contributed by atoms with Gasteiger partial charge in [0.25, 0.3) is 0 Å². The van der Waals surface area contributed by atoms with Crippen LogP contribution in [-0.2, 0) is 19.1 Å². The van der Waals surface area contributed by atoms with E-state index < -0.39 is 71.1 Å². The molecule has 0 fully saturated rings. The molecule has 0 rings (SSSR count). The van der Waals surface area contributed by atoms with Crippen molar-refractivity contribution in [2.24, 2.45) is 0 Å². The number of carbonyl (C=O) groups is 2. The molecule has 198 valence electrons. The minimum Gasteiger partial charge on any atom is -0.386 e. The summed E-state index contributed by atoms with van der Waals surface area (Å²) in [5.41, 5.74) is -2.25. The van der Waals surface area contributed by atoms with E-state index in [4.69, 9.17) is 0 Å². The van der Waals surface area contributed by atoms with Crippen LogP contribution in [0.2, 0.25) is 0 Å². The average molecular weight is 530 g/mol. The standard InChI is InChI=1S/C17H15F13O4/c1-6-11(18,19)12(20,21)13(22,23)14(24,25)15(26,27)16(28,29)17(30,33-9(31)7(2)3)34-10(32)8(4)5/h2,4,6H2,1,3,5H3. The second kappa shape index (κ2) is 8.94. The lowest BCUT2D eigenvalue weighted by molar-refractivity contribution is -0.471. The van der Waals surface area contributed by atoms with Gasteiger partial charge in [-0.1, -0.05) is 20.1 Å². The highest BCUT2D eigenvalue weighted by atomic mass is 19.4. The molecular weight excluding hydrogens is 515 g/mol. The van der Waals surface area contributed by atoms with Gasteiger partial charge in [-0.05, 0) is 13.8 Å². The molecule has 0 N–H and O–H groups in total. The number of rotatable bonds is 11. The molecule has 0 amide bonds. The van der Waals surface area contributed by atoms with Crippen LogP contribution in [0, 0.1) is 0 Å². The molecule has 0 heterocycles. The number of hydrogen-bond acceptors (Lipinski definition) is 4. The van der Waals surface area contributed by atoms with Crippen LogP contribution >= 0.6 is 0 Å². The minimum atomic E-state index is -8.19. The van der Waals surface area contributed by atoms with Crippen molar-refractivity contribution in [2.75, 3.05) is 0 Å². The maximum absolute atomic E-state index is 14.7. The lowest BCUT2D eigenvalue weighted by atomic mass is 9.90. The van der Waals surface area contributed by atoms with Crippen LogP contribution in [0.5, 0.6) is 0 Å². The Balaban J connectivity index is 7.01. The van der Waals surface area contributed by atoms with E-state index in [2.05, 4.69) is 22.6 Å². The average Bonchev–Trinajstić information content (AvgIpc) is 2.66. The number of ether oxygens (including phenoxy) is 2. The zero-order chi connectivity index (χ0) is 27.9. The molecule has 0 bridgehead atoms. The van der Waals surface area contributed by atoms with Gasteiger partial charge in [-0.3, -0.25) is 0 Å². The van der Waals surface area contributed by atoms with Crippen molar-refractivity contribution >= 4 is 11.9 Å². The summed E-state index contributed by atoms with van der Waals surface area (Å²) >= 11 is 0. The van der Waals surface area contributed by atoms with Crippen LogP contribution in [0.4, 0.5) is 57.1 Å². The van der Waals surface area contributed by atoms with Crippen LogP contribution in [0.1, 0.15) is 27.2 Å². The summed E-state index contributed by atoms with van der Waals surface area (Å²) < 4.78 is 186. The van der Waals surface area contributed by atoms with Gasteiger partial charge in [0.1, 0.15) is 0 Å². The molecule has 0 saturated heterocycles. The molecule has 17 heteroatoms. The molecule has 34 heavy (non-hydrogen) atoms. The molecule has 4 nitrogen and oxygen atoms in total. The Morgan fingerprint density at radius 3 is 1.12 bits per heavy atom. The van der Waals surface area contributed by atoms with Gasteiger partial charge in [0.05, 0.1) is 0 Å². The molecule has 0 atom stereocenters. The van der Waals surface area contributed by atoms with E-state index in [1.807, 2.05) is 0 Å². The third-order valence-corrected chi connectivity index (χ3v) is 4.00. The fraction of sp³-hybridized carbons (Fsp3) is 0.647. The summed E-state index contributed by atoms with van der Waals surface area (Å²) in [6.07, 6.45) is -2.35. The van der Waals surface area contributed by atoms with Gasteiger partial charge >= 0.3 is 53.5 Å². The zero-order valence-electron chi connectivity index (χ0n) is 17.2. The van der Waals surface area contributed by atoms with Crippen LogP contribution in [0.15, 0.2) is 24.3 Å². The molecule has 0 aromatic heterocycles. The normalized spacial score (nSPS) is 14.5. The maximum atomic E-state index is 14.7. The lowest BCUT2D eigenvalue weighted by Crippen LogP contribution is -2.74. The van der Waals surface area contributed by atoms with Gasteiger partial charge in [-0.15, -0.1) is 0 Å². The van der Waals surface area contributed by atoms with Crippen molar-refractivity contribution in [2.45, 2.75) is 68.8 Å². The molecule has 0 aliphatic rings. The first-order chi connectivity index (χ1) is 14.7. The van der Waals surface area contributed by atoms with Gasteiger partial charge in [0, 0.05) is 17.6 Å². The van der Waals surface area contributed by atoms with Crippen molar-refractivity contribution in [3.63, 3.8) is 0 Å². The molecule has 0 aliphatic carbocycles. The zero-order valence-corrected chi connectivity index (χ0v) is 17.2. The van der Waals surface area contributed by atoms with Crippen molar-refractivity contribution in [1.82, 2.24) is 0 Å². The van der Waals surface area contributed by atoms with Crippen LogP contribution in [0.25, 0.3) is 0 Å². The van der Waals surface area contributed by atoms with Gasteiger partial charge in [0.15, 0.2) is 0 Å². The topological polar surface area (TPSA) is 52.6 Å². The predicted octanol–water partition coefficient (Wildman–Crippen LogP) is 6.07. The second-order valence-corrected chi connectivity index (χ2v) is 6.81. The molecule has 0 saturated carbocycles. The third kappa shape index (κ3) is 4.56. The monoisotopic (exact) mass is 530 g/mol. The van der Waals surface area contributed by atoms with E-state index in [1.54, 1.807) is 0 Å². The Bertz CT molecular complexity index is 820. The molecule has 0 radical (unpaired) electrons. The fourth-order valence-electron chi connectivity index (χ4n) is 1.79. The van der Waals surface area contributed by atoms with Gasteiger partial charge in [-0.25, -0.2) is 9.59 Å². The van der Waals surface area contributed by atoms with E-state index in [0.29, 0.717) is 13.8 Å². The first-order valence-corrected chi connectivity index (χ1v) is 8.45. The number of alkyl halides is 13. The number of halogens is 13.